The van der Waals surface area contributed by atoms with E-state index < -0.39 is 0 Å². The van der Waals surface area contributed by atoms with Gasteiger partial charge < -0.3 is 5.32 Å². The average Bonchev–Trinajstić information content (AvgIpc) is 3.16. The van der Waals surface area contributed by atoms with Crippen molar-refractivity contribution in [2.24, 2.45) is 11.8 Å². The Morgan fingerprint density at radius 2 is 2.10 bits per heavy atom. The summed E-state index contributed by atoms with van der Waals surface area (Å²) in [7, 11) is 0. The van der Waals surface area contributed by atoms with Crippen molar-refractivity contribution in [3.8, 4) is 10.7 Å². The van der Waals surface area contributed by atoms with Crippen LogP contribution in [0.3, 0.4) is 0 Å². The lowest BCUT2D eigenvalue weighted by atomic mass is 10.0. The summed E-state index contributed by atoms with van der Waals surface area (Å²) in [6, 6.07) is 5.97. The summed E-state index contributed by atoms with van der Waals surface area (Å²) >= 11 is 1.69. The van der Waals surface area contributed by atoms with E-state index in [9.17, 15) is 0 Å². The van der Waals surface area contributed by atoms with Gasteiger partial charge in [0.15, 0.2) is 0 Å². The molecule has 0 bridgehead atoms. The highest BCUT2D eigenvalue weighted by Gasteiger charge is 2.35. The Labute approximate surface area is 122 Å². The van der Waals surface area contributed by atoms with Crippen LogP contribution in [0.4, 0.5) is 0 Å². The Kier molecular flexibility index (Phi) is 3.26. The van der Waals surface area contributed by atoms with Crippen molar-refractivity contribution in [3.63, 3.8) is 0 Å². The molecule has 0 radical (unpaired) electrons. The lowest BCUT2D eigenvalue weighted by molar-refractivity contribution is 0.302. The van der Waals surface area contributed by atoms with Crippen LogP contribution in [0.25, 0.3) is 10.7 Å². The molecule has 0 aliphatic carbocycles. The molecular weight excluding hydrogens is 268 g/mol. The maximum atomic E-state index is 4.74. The molecule has 4 rings (SSSR count). The van der Waals surface area contributed by atoms with Gasteiger partial charge in [-0.3, -0.25) is 9.88 Å². The fourth-order valence-electron chi connectivity index (χ4n) is 3.30. The first kappa shape index (κ1) is 12.4. The van der Waals surface area contributed by atoms with Crippen LogP contribution in [0.15, 0.2) is 29.8 Å². The zero-order valence-corrected chi connectivity index (χ0v) is 12.1. The van der Waals surface area contributed by atoms with Gasteiger partial charge in [0, 0.05) is 31.2 Å². The molecule has 5 heteroatoms. The van der Waals surface area contributed by atoms with Crippen molar-refractivity contribution in [1.29, 1.82) is 0 Å². The molecule has 2 atom stereocenters. The molecular formula is C15H18N4S. The molecule has 2 saturated heterocycles. The van der Waals surface area contributed by atoms with E-state index in [1.54, 1.807) is 11.3 Å². The van der Waals surface area contributed by atoms with Crippen molar-refractivity contribution in [2.75, 3.05) is 26.2 Å². The second-order valence-electron chi connectivity index (χ2n) is 5.73. The standard InChI is InChI=1S/C15H18N4S/c1-2-4-17-14(3-1)15-18-13(10-20-15)9-19-7-11-5-16-6-12(11)8-19/h1-4,10-12,16H,5-9H2. The van der Waals surface area contributed by atoms with E-state index in [4.69, 9.17) is 4.98 Å². The average molecular weight is 286 g/mol. The Bertz CT molecular complexity index is 571. The van der Waals surface area contributed by atoms with E-state index in [2.05, 4.69) is 20.6 Å². The molecule has 4 nitrogen and oxygen atoms in total. The van der Waals surface area contributed by atoms with Crippen LogP contribution in [0.5, 0.6) is 0 Å². The van der Waals surface area contributed by atoms with E-state index in [-0.39, 0.29) is 0 Å². The summed E-state index contributed by atoms with van der Waals surface area (Å²) in [5.74, 6) is 1.70. The minimum Gasteiger partial charge on any atom is -0.316 e. The van der Waals surface area contributed by atoms with E-state index in [0.717, 1.165) is 29.1 Å². The molecule has 0 amide bonds. The summed E-state index contributed by atoms with van der Waals surface area (Å²) in [4.78, 5) is 11.7. The van der Waals surface area contributed by atoms with Gasteiger partial charge in [0.2, 0.25) is 0 Å². The molecule has 1 N–H and O–H groups in total. The smallest absolute Gasteiger partial charge is 0.142 e. The van der Waals surface area contributed by atoms with Gasteiger partial charge in [-0.15, -0.1) is 11.3 Å². The fraction of sp³-hybridized carbons (Fsp3) is 0.467. The first-order valence-electron chi connectivity index (χ1n) is 7.17. The Balaban J connectivity index is 1.44. The lowest BCUT2D eigenvalue weighted by Crippen LogP contribution is -2.25. The molecule has 2 aromatic rings. The van der Waals surface area contributed by atoms with Gasteiger partial charge in [0.05, 0.1) is 11.4 Å². The van der Waals surface area contributed by atoms with Crippen LogP contribution in [0.1, 0.15) is 5.69 Å². The third-order valence-electron chi connectivity index (χ3n) is 4.29. The van der Waals surface area contributed by atoms with Crippen LogP contribution in [-0.2, 0) is 6.54 Å². The highest BCUT2D eigenvalue weighted by Crippen LogP contribution is 2.28. The van der Waals surface area contributed by atoms with Gasteiger partial charge in [0.1, 0.15) is 5.01 Å². The fourth-order valence-corrected chi connectivity index (χ4v) is 4.08. The van der Waals surface area contributed by atoms with E-state index in [0.29, 0.717) is 0 Å². The molecule has 0 saturated carbocycles. The van der Waals surface area contributed by atoms with Gasteiger partial charge in [-0.2, -0.15) is 0 Å². The zero-order chi connectivity index (χ0) is 13.4. The van der Waals surface area contributed by atoms with Crippen molar-refractivity contribution in [2.45, 2.75) is 6.54 Å². The second-order valence-corrected chi connectivity index (χ2v) is 6.59. The number of likely N-dealkylation sites (tertiary alicyclic amines) is 1. The first-order valence-corrected chi connectivity index (χ1v) is 8.05. The number of nitrogens with zero attached hydrogens (tertiary/aromatic N) is 3. The number of rotatable bonds is 3. The normalized spacial score (nSPS) is 26.0. The maximum Gasteiger partial charge on any atom is 0.142 e. The van der Waals surface area contributed by atoms with E-state index >= 15 is 0 Å². The summed E-state index contributed by atoms with van der Waals surface area (Å²) in [5, 5.41) is 6.69. The number of thiazole rings is 1. The van der Waals surface area contributed by atoms with Gasteiger partial charge >= 0.3 is 0 Å². The second kappa shape index (κ2) is 5.24. The van der Waals surface area contributed by atoms with Gasteiger partial charge in [-0.05, 0) is 37.1 Å². The molecule has 2 fully saturated rings. The Morgan fingerprint density at radius 3 is 2.85 bits per heavy atom. The summed E-state index contributed by atoms with van der Waals surface area (Å²) < 4.78 is 0. The number of pyridine rings is 1. The third-order valence-corrected chi connectivity index (χ3v) is 5.20. The van der Waals surface area contributed by atoms with Crippen molar-refractivity contribution in [3.05, 3.63) is 35.5 Å². The van der Waals surface area contributed by atoms with Crippen LogP contribution >= 0.6 is 11.3 Å². The molecule has 0 spiro atoms. The van der Waals surface area contributed by atoms with Crippen molar-refractivity contribution >= 4 is 11.3 Å². The number of fused-ring (bicyclic) bond motifs is 1. The van der Waals surface area contributed by atoms with Gasteiger partial charge in [-0.25, -0.2) is 4.98 Å². The Hall–Kier alpha value is -1.30. The monoisotopic (exact) mass is 286 g/mol. The zero-order valence-electron chi connectivity index (χ0n) is 11.3. The molecule has 2 aromatic heterocycles. The van der Waals surface area contributed by atoms with E-state index in [1.165, 1.54) is 31.9 Å². The first-order chi connectivity index (χ1) is 9.88. The molecule has 4 heterocycles. The quantitative estimate of drug-likeness (QED) is 0.935. The molecule has 0 aromatic carbocycles. The topological polar surface area (TPSA) is 41.1 Å². The van der Waals surface area contributed by atoms with Crippen molar-refractivity contribution < 1.29 is 0 Å². The van der Waals surface area contributed by atoms with Crippen molar-refractivity contribution in [1.82, 2.24) is 20.2 Å². The highest BCUT2D eigenvalue weighted by molar-refractivity contribution is 7.13. The highest BCUT2D eigenvalue weighted by atomic mass is 32.1. The number of aromatic nitrogens is 2. The number of hydrogen-bond acceptors (Lipinski definition) is 5. The summed E-state index contributed by atoms with van der Waals surface area (Å²) in [6.45, 7) is 5.80. The summed E-state index contributed by atoms with van der Waals surface area (Å²) in [5.41, 5.74) is 2.16. The molecule has 20 heavy (non-hydrogen) atoms. The predicted octanol–water partition coefficient (Wildman–Crippen LogP) is 1.86. The Morgan fingerprint density at radius 1 is 1.25 bits per heavy atom. The predicted molar refractivity (Wildman–Crippen MR) is 80.5 cm³/mol. The SMILES string of the molecule is c1ccc(-c2nc(CN3CC4CNCC4C3)cs2)nc1. The van der Waals surface area contributed by atoms with Gasteiger partial charge in [0.25, 0.3) is 0 Å². The van der Waals surface area contributed by atoms with Crippen LogP contribution < -0.4 is 5.32 Å². The molecule has 2 aliphatic rings. The number of nitrogens with one attached hydrogen (secondary N) is 1. The van der Waals surface area contributed by atoms with Gasteiger partial charge in [-0.1, -0.05) is 6.07 Å². The minimum atomic E-state index is 0.851. The largest absolute Gasteiger partial charge is 0.316 e. The minimum absolute atomic E-state index is 0.851. The lowest BCUT2D eigenvalue weighted by Gasteiger charge is -2.15. The third kappa shape index (κ3) is 2.37. The summed E-state index contributed by atoms with van der Waals surface area (Å²) in [6.07, 6.45) is 1.82. The van der Waals surface area contributed by atoms with Crippen LogP contribution in [0.2, 0.25) is 0 Å². The molecule has 2 aliphatic heterocycles. The molecule has 104 valence electrons. The number of hydrogen-bond donors (Lipinski definition) is 1. The van der Waals surface area contributed by atoms with Crippen LogP contribution in [0, 0.1) is 11.8 Å². The molecule has 2 unspecified atom stereocenters. The van der Waals surface area contributed by atoms with E-state index in [1.807, 2.05) is 24.4 Å². The van der Waals surface area contributed by atoms with Crippen LogP contribution in [-0.4, -0.2) is 41.0 Å². The maximum absolute atomic E-state index is 4.74.